The van der Waals surface area contributed by atoms with Crippen LogP contribution < -0.4 is 4.72 Å². The number of amides is 1. The molecule has 0 atom stereocenters. The van der Waals surface area contributed by atoms with E-state index in [2.05, 4.69) is 16.6 Å². The van der Waals surface area contributed by atoms with Crippen molar-refractivity contribution >= 4 is 15.9 Å². The molecule has 2 N–H and O–H groups in total. The van der Waals surface area contributed by atoms with Gasteiger partial charge in [0.1, 0.15) is 10.6 Å². The fourth-order valence-corrected chi connectivity index (χ4v) is 3.65. The van der Waals surface area contributed by atoms with Crippen molar-refractivity contribution in [1.29, 1.82) is 0 Å². The van der Waals surface area contributed by atoms with Crippen LogP contribution in [0, 0.1) is 0 Å². The molecule has 1 saturated heterocycles. The molecular formula is C15H25N3O3S. The molecule has 1 aromatic rings. The SMILES string of the molecule is CCCCCCNS(=O)(=O)c1c[nH]c(C(=O)N2CCCC2)c1. The first-order valence-electron chi connectivity index (χ1n) is 8.02. The lowest BCUT2D eigenvalue weighted by molar-refractivity contribution is 0.0787. The predicted octanol–water partition coefficient (Wildman–Crippen LogP) is 2.11. The molecule has 2 rings (SSSR count). The van der Waals surface area contributed by atoms with E-state index >= 15 is 0 Å². The summed E-state index contributed by atoms with van der Waals surface area (Å²) in [5, 5.41) is 0. The molecule has 1 amide bonds. The third-order valence-corrected chi connectivity index (χ3v) is 5.35. The highest BCUT2D eigenvalue weighted by Crippen LogP contribution is 2.15. The number of nitrogens with one attached hydrogen (secondary N) is 2. The van der Waals surface area contributed by atoms with Crippen LogP contribution in [0.4, 0.5) is 0 Å². The summed E-state index contributed by atoms with van der Waals surface area (Å²) in [5.41, 5.74) is 0.341. The lowest BCUT2D eigenvalue weighted by Gasteiger charge is -2.13. The van der Waals surface area contributed by atoms with Gasteiger partial charge in [-0.3, -0.25) is 4.79 Å². The number of likely N-dealkylation sites (tertiary alicyclic amines) is 1. The van der Waals surface area contributed by atoms with Crippen molar-refractivity contribution < 1.29 is 13.2 Å². The molecule has 0 aromatic carbocycles. The third-order valence-electron chi connectivity index (χ3n) is 3.91. The molecule has 0 spiro atoms. The first-order chi connectivity index (χ1) is 10.5. The largest absolute Gasteiger partial charge is 0.356 e. The van der Waals surface area contributed by atoms with Gasteiger partial charge >= 0.3 is 0 Å². The van der Waals surface area contributed by atoms with E-state index in [1.165, 1.54) is 12.3 Å². The van der Waals surface area contributed by atoms with Gasteiger partial charge in [0.05, 0.1) is 0 Å². The summed E-state index contributed by atoms with van der Waals surface area (Å²) in [4.78, 5) is 16.9. The zero-order valence-corrected chi connectivity index (χ0v) is 13.9. The van der Waals surface area contributed by atoms with E-state index in [9.17, 15) is 13.2 Å². The van der Waals surface area contributed by atoms with E-state index in [0.717, 1.165) is 51.6 Å². The Morgan fingerprint density at radius 2 is 2.00 bits per heavy atom. The van der Waals surface area contributed by atoms with Gasteiger partial charge in [-0.25, -0.2) is 13.1 Å². The van der Waals surface area contributed by atoms with Crippen molar-refractivity contribution in [3.63, 3.8) is 0 Å². The Hall–Kier alpha value is -1.34. The average molecular weight is 327 g/mol. The maximum absolute atomic E-state index is 12.2. The summed E-state index contributed by atoms with van der Waals surface area (Å²) in [7, 11) is -3.54. The lowest BCUT2D eigenvalue weighted by Crippen LogP contribution is -2.28. The zero-order chi connectivity index (χ0) is 16.0. The molecule has 0 saturated carbocycles. The molecule has 1 aliphatic heterocycles. The Kier molecular flexibility index (Phi) is 6.02. The van der Waals surface area contributed by atoms with Crippen LogP contribution in [-0.2, 0) is 10.0 Å². The number of H-pyrrole nitrogens is 1. The minimum atomic E-state index is -3.54. The number of nitrogens with zero attached hydrogens (tertiary/aromatic N) is 1. The minimum Gasteiger partial charge on any atom is -0.356 e. The van der Waals surface area contributed by atoms with Crippen molar-refractivity contribution in [2.45, 2.75) is 50.3 Å². The smallest absolute Gasteiger partial charge is 0.270 e. The molecule has 1 aromatic heterocycles. The van der Waals surface area contributed by atoms with Crippen LogP contribution in [0.25, 0.3) is 0 Å². The standard InChI is InChI=1S/C15H25N3O3S/c1-2-3-4-5-8-17-22(20,21)13-11-14(16-12-13)15(19)18-9-6-7-10-18/h11-12,16-17H,2-10H2,1H3. The maximum Gasteiger partial charge on any atom is 0.270 e. The quantitative estimate of drug-likeness (QED) is 0.717. The summed E-state index contributed by atoms with van der Waals surface area (Å²) >= 11 is 0. The van der Waals surface area contributed by atoms with Gasteiger partial charge in [0.15, 0.2) is 0 Å². The summed E-state index contributed by atoms with van der Waals surface area (Å²) in [6.45, 7) is 4.04. The third kappa shape index (κ3) is 4.33. The molecule has 2 heterocycles. The topological polar surface area (TPSA) is 82.3 Å². The van der Waals surface area contributed by atoms with Crippen molar-refractivity contribution in [3.05, 3.63) is 18.0 Å². The number of unbranched alkanes of at least 4 members (excludes halogenated alkanes) is 3. The highest BCUT2D eigenvalue weighted by molar-refractivity contribution is 7.89. The first-order valence-corrected chi connectivity index (χ1v) is 9.50. The number of carbonyl (C=O) groups is 1. The fourth-order valence-electron chi connectivity index (χ4n) is 2.59. The van der Waals surface area contributed by atoms with E-state index in [0.29, 0.717) is 12.2 Å². The monoisotopic (exact) mass is 327 g/mol. The van der Waals surface area contributed by atoms with Crippen molar-refractivity contribution in [2.24, 2.45) is 0 Å². The molecule has 0 radical (unpaired) electrons. The molecule has 22 heavy (non-hydrogen) atoms. The van der Waals surface area contributed by atoms with Gasteiger partial charge in [0.2, 0.25) is 10.0 Å². The van der Waals surface area contributed by atoms with Crippen molar-refractivity contribution in [2.75, 3.05) is 19.6 Å². The van der Waals surface area contributed by atoms with Crippen LogP contribution in [0.3, 0.4) is 0 Å². The van der Waals surface area contributed by atoms with E-state index < -0.39 is 10.0 Å². The Balaban J connectivity index is 1.92. The molecule has 1 fully saturated rings. The van der Waals surface area contributed by atoms with Gasteiger partial charge in [-0.2, -0.15) is 0 Å². The number of hydrogen-bond acceptors (Lipinski definition) is 3. The fraction of sp³-hybridized carbons (Fsp3) is 0.667. The molecule has 0 unspecified atom stereocenters. The summed E-state index contributed by atoms with van der Waals surface area (Å²) in [6.07, 6.45) is 7.49. The van der Waals surface area contributed by atoms with Crippen molar-refractivity contribution in [3.8, 4) is 0 Å². The molecule has 0 bridgehead atoms. The predicted molar refractivity (Wildman–Crippen MR) is 85.3 cm³/mol. The molecule has 6 nitrogen and oxygen atoms in total. The number of sulfonamides is 1. The van der Waals surface area contributed by atoms with E-state index in [1.54, 1.807) is 4.90 Å². The number of hydrogen-bond donors (Lipinski definition) is 2. The second-order valence-electron chi connectivity index (χ2n) is 5.71. The van der Waals surface area contributed by atoms with E-state index in [1.807, 2.05) is 0 Å². The molecule has 1 aliphatic rings. The van der Waals surface area contributed by atoms with Crippen LogP contribution in [0.1, 0.15) is 55.9 Å². The number of aromatic nitrogens is 1. The first kappa shape index (κ1) is 17.0. The highest BCUT2D eigenvalue weighted by atomic mass is 32.2. The summed E-state index contributed by atoms with van der Waals surface area (Å²) < 4.78 is 26.9. The molecule has 7 heteroatoms. The Morgan fingerprint density at radius 3 is 2.68 bits per heavy atom. The molecule has 0 aliphatic carbocycles. The Bertz CT molecular complexity index is 589. The highest BCUT2D eigenvalue weighted by Gasteiger charge is 2.23. The van der Waals surface area contributed by atoms with E-state index in [-0.39, 0.29) is 10.8 Å². The van der Waals surface area contributed by atoms with Gasteiger partial charge in [-0.05, 0) is 25.3 Å². The van der Waals surface area contributed by atoms with Crippen LogP contribution in [0.5, 0.6) is 0 Å². The molecular weight excluding hydrogens is 302 g/mol. The van der Waals surface area contributed by atoms with Crippen molar-refractivity contribution in [1.82, 2.24) is 14.6 Å². The number of carbonyl (C=O) groups excluding carboxylic acids is 1. The molecule has 124 valence electrons. The second-order valence-corrected chi connectivity index (χ2v) is 7.47. The Morgan fingerprint density at radius 1 is 1.27 bits per heavy atom. The van der Waals surface area contributed by atoms with Crippen LogP contribution in [-0.4, -0.2) is 43.8 Å². The Labute approximate surface area is 132 Å². The van der Waals surface area contributed by atoms with Gasteiger partial charge < -0.3 is 9.88 Å². The summed E-state index contributed by atoms with van der Waals surface area (Å²) in [5.74, 6) is -0.123. The number of rotatable bonds is 8. The van der Waals surface area contributed by atoms with Gasteiger partial charge in [-0.1, -0.05) is 26.2 Å². The van der Waals surface area contributed by atoms with Crippen LogP contribution in [0.15, 0.2) is 17.2 Å². The van der Waals surface area contributed by atoms with E-state index in [4.69, 9.17) is 0 Å². The van der Waals surface area contributed by atoms with Gasteiger partial charge in [-0.15, -0.1) is 0 Å². The maximum atomic E-state index is 12.2. The van der Waals surface area contributed by atoms with Gasteiger partial charge in [0, 0.05) is 25.8 Å². The average Bonchev–Trinajstić information content (AvgIpc) is 3.18. The second kappa shape index (κ2) is 7.78. The lowest BCUT2D eigenvalue weighted by atomic mass is 10.2. The normalized spacial score (nSPS) is 15.4. The van der Waals surface area contributed by atoms with Gasteiger partial charge in [0.25, 0.3) is 5.91 Å². The summed E-state index contributed by atoms with van der Waals surface area (Å²) in [6, 6.07) is 1.43. The minimum absolute atomic E-state index is 0.123. The number of aromatic amines is 1. The van der Waals surface area contributed by atoms with Crippen LogP contribution >= 0.6 is 0 Å². The zero-order valence-electron chi connectivity index (χ0n) is 13.1. The van der Waals surface area contributed by atoms with Crippen LogP contribution in [0.2, 0.25) is 0 Å².